The summed E-state index contributed by atoms with van der Waals surface area (Å²) in [6.45, 7) is 2.15. The van der Waals surface area contributed by atoms with Gasteiger partial charge in [-0.2, -0.15) is 0 Å². The summed E-state index contributed by atoms with van der Waals surface area (Å²) in [4.78, 5) is 11.5. The SMILES string of the molecule is COC1COC(C)C(OC)C1=O. The van der Waals surface area contributed by atoms with Gasteiger partial charge in [0, 0.05) is 14.2 Å². The second-order valence-electron chi connectivity index (χ2n) is 2.82. The van der Waals surface area contributed by atoms with Crippen LogP contribution in [0.3, 0.4) is 0 Å². The highest BCUT2D eigenvalue weighted by Gasteiger charge is 2.36. The van der Waals surface area contributed by atoms with E-state index in [2.05, 4.69) is 0 Å². The van der Waals surface area contributed by atoms with Gasteiger partial charge in [-0.3, -0.25) is 4.79 Å². The van der Waals surface area contributed by atoms with Crippen molar-refractivity contribution in [3.05, 3.63) is 0 Å². The fourth-order valence-electron chi connectivity index (χ4n) is 1.32. The number of carbonyl (C=O) groups excluding carboxylic acids is 1. The van der Waals surface area contributed by atoms with Crippen molar-refractivity contribution in [1.29, 1.82) is 0 Å². The third kappa shape index (κ3) is 1.65. The molecule has 0 saturated carbocycles. The van der Waals surface area contributed by atoms with Gasteiger partial charge in [0.1, 0.15) is 12.2 Å². The average Bonchev–Trinajstić information content (AvgIpc) is 2.06. The number of hydrogen-bond donors (Lipinski definition) is 0. The Morgan fingerprint density at radius 2 is 2.08 bits per heavy atom. The van der Waals surface area contributed by atoms with Crippen LogP contribution in [0, 0.1) is 0 Å². The molecule has 3 unspecified atom stereocenters. The summed E-state index contributed by atoms with van der Waals surface area (Å²) in [5, 5.41) is 0. The summed E-state index contributed by atoms with van der Waals surface area (Å²) in [6, 6.07) is 0. The van der Waals surface area contributed by atoms with Gasteiger partial charge in [-0.15, -0.1) is 0 Å². The second-order valence-corrected chi connectivity index (χ2v) is 2.82. The maximum absolute atomic E-state index is 11.5. The van der Waals surface area contributed by atoms with Crippen LogP contribution in [0.25, 0.3) is 0 Å². The predicted octanol–water partition coefficient (Wildman–Crippen LogP) is 0.00420. The maximum atomic E-state index is 11.5. The molecule has 0 bridgehead atoms. The fourth-order valence-corrected chi connectivity index (χ4v) is 1.32. The number of Topliss-reactive ketones (excluding diaryl/α,β-unsaturated/α-hetero) is 1. The molecule has 0 aromatic carbocycles. The van der Waals surface area contributed by atoms with Gasteiger partial charge < -0.3 is 14.2 Å². The largest absolute Gasteiger partial charge is 0.372 e. The Kier molecular flexibility index (Phi) is 3.20. The molecule has 0 aromatic heterocycles. The molecule has 3 atom stereocenters. The number of methoxy groups -OCH3 is 2. The Bertz CT molecular complexity index is 168. The van der Waals surface area contributed by atoms with Crippen LogP contribution in [0.2, 0.25) is 0 Å². The van der Waals surface area contributed by atoms with E-state index >= 15 is 0 Å². The first-order valence-corrected chi connectivity index (χ1v) is 3.91. The van der Waals surface area contributed by atoms with Crippen molar-refractivity contribution in [3.63, 3.8) is 0 Å². The molecule has 1 fully saturated rings. The molecule has 0 spiro atoms. The van der Waals surface area contributed by atoms with E-state index < -0.39 is 12.2 Å². The second kappa shape index (κ2) is 3.98. The minimum absolute atomic E-state index is 0.0289. The third-order valence-corrected chi connectivity index (χ3v) is 2.07. The van der Waals surface area contributed by atoms with Crippen molar-refractivity contribution in [2.45, 2.75) is 25.2 Å². The first-order chi connectivity index (χ1) is 5.70. The van der Waals surface area contributed by atoms with Gasteiger partial charge in [-0.1, -0.05) is 0 Å². The van der Waals surface area contributed by atoms with Crippen LogP contribution in [-0.2, 0) is 19.0 Å². The molecule has 1 heterocycles. The van der Waals surface area contributed by atoms with Gasteiger partial charge in [0.05, 0.1) is 12.7 Å². The van der Waals surface area contributed by atoms with E-state index in [9.17, 15) is 4.79 Å². The molecular weight excluding hydrogens is 160 g/mol. The van der Waals surface area contributed by atoms with Crippen molar-refractivity contribution in [1.82, 2.24) is 0 Å². The fraction of sp³-hybridized carbons (Fsp3) is 0.875. The molecular formula is C8H14O4. The van der Waals surface area contributed by atoms with Crippen LogP contribution in [0.5, 0.6) is 0 Å². The van der Waals surface area contributed by atoms with E-state index in [0.29, 0.717) is 6.61 Å². The molecule has 1 aliphatic heterocycles. The lowest BCUT2D eigenvalue weighted by atomic mass is 10.0. The number of ether oxygens (including phenoxy) is 3. The standard InChI is InChI=1S/C8H14O4/c1-5-8(11-3)7(9)6(10-2)4-12-5/h5-6,8H,4H2,1-3H3. The molecule has 0 amide bonds. The van der Waals surface area contributed by atoms with Crippen LogP contribution < -0.4 is 0 Å². The lowest BCUT2D eigenvalue weighted by Crippen LogP contribution is -2.50. The van der Waals surface area contributed by atoms with Crippen molar-refractivity contribution in [2.75, 3.05) is 20.8 Å². The first kappa shape index (κ1) is 9.64. The summed E-state index contributed by atoms with van der Waals surface area (Å²) in [5.41, 5.74) is 0. The van der Waals surface area contributed by atoms with E-state index in [1.54, 1.807) is 0 Å². The Morgan fingerprint density at radius 1 is 1.42 bits per heavy atom. The first-order valence-electron chi connectivity index (χ1n) is 3.91. The highest BCUT2D eigenvalue weighted by Crippen LogP contribution is 2.15. The van der Waals surface area contributed by atoms with Gasteiger partial charge >= 0.3 is 0 Å². The Balaban J connectivity index is 2.63. The van der Waals surface area contributed by atoms with E-state index in [4.69, 9.17) is 14.2 Å². The normalized spacial score (nSPS) is 36.9. The Morgan fingerprint density at radius 3 is 2.58 bits per heavy atom. The number of ketones is 1. The van der Waals surface area contributed by atoms with E-state index in [-0.39, 0.29) is 11.9 Å². The summed E-state index contributed by atoms with van der Waals surface area (Å²) in [7, 11) is 3.00. The van der Waals surface area contributed by atoms with Gasteiger partial charge in [-0.05, 0) is 6.92 Å². The van der Waals surface area contributed by atoms with Crippen LogP contribution in [0.4, 0.5) is 0 Å². The third-order valence-electron chi connectivity index (χ3n) is 2.07. The summed E-state index contributed by atoms with van der Waals surface area (Å²) in [6.07, 6.45) is -1.12. The zero-order chi connectivity index (χ0) is 9.14. The monoisotopic (exact) mass is 174 g/mol. The van der Waals surface area contributed by atoms with Gasteiger partial charge in [0.15, 0.2) is 5.78 Å². The van der Waals surface area contributed by atoms with Crippen molar-refractivity contribution in [2.24, 2.45) is 0 Å². The van der Waals surface area contributed by atoms with Crippen molar-refractivity contribution >= 4 is 5.78 Å². The summed E-state index contributed by atoms with van der Waals surface area (Å²) >= 11 is 0. The lowest BCUT2D eigenvalue weighted by molar-refractivity contribution is -0.168. The zero-order valence-electron chi connectivity index (χ0n) is 7.57. The van der Waals surface area contributed by atoms with Crippen molar-refractivity contribution < 1.29 is 19.0 Å². The Hall–Kier alpha value is -0.450. The Labute approximate surface area is 71.8 Å². The molecule has 0 aromatic rings. The zero-order valence-corrected chi connectivity index (χ0v) is 7.57. The van der Waals surface area contributed by atoms with Crippen molar-refractivity contribution in [3.8, 4) is 0 Å². The minimum atomic E-state index is -0.483. The summed E-state index contributed by atoms with van der Waals surface area (Å²) in [5.74, 6) is -0.0289. The lowest BCUT2D eigenvalue weighted by Gasteiger charge is -2.31. The minimum Gasteiger partial charge on any atom is -0.372 e. The maximum Gasteiger partial charge on any atom is 0.195 e. The van der Waals surface area contributed by atoms with E-state index in [1.165, 1.54) is 14.2 Å². The molecule has 0 radical (unpaired) electrons. The average molecular weight is 174 g/mol. The molecule has 0 aliphatic carbocycles. The molecule has 1 rings (SSSR count). The number of hydrogen-bond acceptors (Lipinski definition) is 4. The predicted molar refractivity (Wildman–Crippen MR) is 42.0 cm³/mol. The molecule has 12 heavy (non-hydrogen) atoms. The molecule has 4 heteroatoms. The number of rotatable bonds is 2. The van der Waals surface area contributed by atoms with Crippen LogP contribution in [0.1, 0.15) is 6.92 Å². The van der Waals surface area contributed by atoms with E-state index in [1.807, 2.05) is 6.92 Å². The number of carbonyl (C=O) groups is 1. The highest BCUT2D eigenvalue weighted by atomic mass is 16.6. The molecule has 4 nitrogen and oxygen atoms in total. The van der Waals surface area contributed by atoms with E-state index in [0.717, 1.165) is 0 Å². The van der Waals surface area contributed by atoms with Crippen LogP contribution >= 0.6 is 0 Å². The van der Waals surface area contributed by atoms with Gasteiger partial charge in [0.2, 0.25) is 0 Å². The molecule has 0 N–H and O–H groups in total. The molecule has 70 valence electrons. The smallest absolute Gasteiger partial charge is 0.195 e. The molecule has 1 aliphatic rings. The van der Waals surface area contributed by atoms with Crippen LogP contribution in [-0.4, -0.2) is 44.9 Å². The van der Waals surface area contributed by atoms with Gasteiger partial charge in [-0.25, -0.2) is 0 Å². The highest BCUT2D eigenvalue weighted by molar-refractivity contribution is 5.88. The van der Waals surface area contributed by atoms with Crippen LogP contribution in [0.15, 0.2) is 0 Å². The quantitative estimate of drug-likeness (QED) is 0.591. The molecule has 1 saturated heterocycles. The topological polar surface area (TPSA) is 44.8 Å². The summed E-state index contributed by atoms with van der Waals surface area (Å²) < 4.78 is 15.2. The van der Waals surface area contributed by atoms with Gasteiger partial charge in [0.25, 0.3) is 0 Å².